The number of hydrogen-bond donors (Lipinski definition) is 1. The highest BCUT2D eigenvalue weighted by Gasteiger charge is 2.10. The van der Waals surface area contributed by atoms with Crippen molar-refractivity contribution < 1.29 is 14.3 Å². The van der Waals surface area contributed by atoms with Gasteiger partial charge in [0.1, 0.15) is 12.4 Å². The van der Waals surface area contributed by atoms with Gasteiger partial charge in [-0.3, -0.25) is 4.79 Å². The molecule has 1 N–H and O–H groups in total. The molecule has 0 aliphatic rings. The third-order valence-electron chi connectivity index (χ3n) is 3.28. The molecule has 0 saturated heterocycles. The zero-order valence-corrected chi connectivity index (χ0v) is 11.9. The number of rotatable bonds is 6. The maximum Gasteiger partial charge on any atom is 0.274 e. The largest absolute Gasteiger partial charge is 0.467 e. The van der Waals surface area contributed by atoms with Crippen LogP contribution in [-0.2, 0) is 17.9 Å². The molecule has 3 rings (SSSR count). The normalized spacial score (nSPS) is 12.6. The molecule has 0 spiro atoms. The highest BCUT2D eigenvalue weighted by Crippen LogP contribution is 2.07. The monoisotopic (exact) mass is 300 g/mol. The maximum absolute atomic E-state index is 12.3. The molecule has 0 amide bonds. The van der Waals surface area contributed by atoms with E-state index in [9.17, 15) is 9.90 Å². The molecule has 2 aromatic heterocycles. The number of aliphatic hydroxyl groups is 1. The fourth-order valence-electron chi connectivity index (χ4n) is 2.20. The Morgan fingerprint density at radius 1 is 1.27 bits per heavy atom. The van der Waals surface area contributed by atoms with Crippen LogP contribution >= 0.6 is 0 Å². The van der Waals surface area contributed by atoms with E-state index >= 15 is 0 Å². The van der Waals surface area contributed by atoms with Crippen LogP contribution in [0, 0.1) is 0 Å². The van der Waals surface area contributed by atoms with Gasteiger partial charge in [0.25, 0.3) is 5.56 Å². The first-order valence-corrected chi connectivity index (χ1v) is 6.97. The Balaban J connectivity index is 1.62. The zero-order chi connectivity index (χ0) is 15.4. The minimum absolute atomic E-state index is 0.0851. The fourth-order valence-corrected chi connectivity index (χ4v) is 2.20. The lowest BCUT2D eigenvalue weighted by molar-refractivity contribution is 0.0126. The fraction of sp³-hybridized carbons (Fsp3) is 0.250. The lowest BCUT2D eigenvalue weighted by atomic mass is 10.2. The summed E-state index contributed by atoms with van der Waals surface area (Å²) in [6.07, 6.45) is 2.36. The van der Waals surface area contributed by atoms with Gasteiger partial charge in [0, 0.05) is 5.39 Å². The van der Waals surface area contributed by atoms with Crippen molar-refractivity contribution in [1.29, 1.82) is 0 Å². The van der Waals surface area contributed by atoms with Crippen molar-refractivity contribution >= 4 is 10.8 Å². The second kappa shape index (κ2) is 6.55. The molecule has 6 nitrogen and oxygen atoms in total. The van der Waals surface area contributed by atoms with E-state index < -0.39 is 6.10 Å². The minimum atomic E-state index is -0.818. The van der Waals surface area contributed by atoms with Crippen molar-refractivity contribution in [2.45, 2.75) is 19.3 Å². The van der Waals surface area contributed by atoms with E-state index in [2.05, 4.69) is 5.10 Å². The summed E-state index contributed by atoms with van der Waals surface area (Å²) in [5.74, 6) is 0.688. The third kappa shape index (κ3) is 3.24. The van der Waals surface area contributed by atoms with E-state index in [1.807, 2.05) is 12.1 Å². The Morgan fingerprint density at radius 2 is 2.14 bits per heavy atom. The topological polar surface area (TPSA) is 77.5 Å². The smallest absolute Gasteiger partial charge is 0.274 e. The number of ether oxygens (including phenoxy) is 1. The van der Waals surface area contributed by atoms with Crippen LogP contribution in [0.2, 0.25) is 0 Å². The zero-order valence-electron chi connectivity index (χ0n) is 11.9. The van der Waals surface area contributed by atoms with E-state index in [1.54, 1.807) is 36.7 Å². The van der Waals surface area contributed by atoms with Crippen molar-refractivity contribution in [3.63, 3.8) is 0 Å². The van der Waals surface area contributed by atoms with Gasteiger partial charge in [-0.1, -0.05) is 18.2 Å². The van der Waals surface area contributed by atoms with Crippen molar-refractivity contribution in [2.75, 3.05) is 6.61 Å². The summed E-state index contributed by atoms with van der Waals surface area (Å²) in [5.41, 5.74) is -0.219. The predicted octanol–water partition coefficient (Wildman–Crippen LogP) is 1.57. The van der Waals surface area contributed by atoms with E-state index in [-0.39, 0.29) is 25.3 Å². The van der Waals surface area contributed by atoms with Crippen molar-refractivity contribution in [1.82, 2.24) is 9.78 Å². The predicted molar refractivity (Wildman–Crippen MR) is 80.4 cm³/mol. The van der Waals surface area contributed by atoms with Crippen LogP contribution in [-0.4, -0.2) is 27.6 Å². The summed E-state index contributed by atoms with van der Waals surface area (Å²) in [7, 11) is 0. The van der Waals surface area contributed by atoms with Gasteiger partial charge in [-0.15, -0.1) is 0 Å². The molecule has 22 heavy (non-hydrogen) atoms. The van der Waals surface area contributed by atoms with Crippen molar-refractivity contribution in [2.24, 2.45) is 0 Å². The Kier molecular flexibility index (Phi) is 4.32. The van der Waals surface area contributed by atoms with Crippen LogP contribution in [0.25, 0.3) is 10.8 Å². The van der Waals surface area contributed by atoms with E-state index in [0.717, 1.165) is 5.39 Å². The standard InChI is InChI=1S/C16H16N2O4/c19-13(10-21-11-14-5-3-7-22-14)9-18-16(20)15-6-2-1-4-12(15)8-17-18/h1-8,13,19H,9-11H2/t13-/m0/s1. The molecule has 6 heteroatoms. The summed E-state index contributed by atoms with van der Waals surface area (Å²) in [6.45, 7) is 0.466. The number of hydrogen-bond acceptors (Lipinski definition) is 5. The quantitative estimate of drug-likeness (QED) is 0.747. The van der Waals surface area contributed by atoms with Crippen molar-refractivity contribution in [3.8, 4) is 0 Å². The third-order valence-corrected chi connectivity index (χ3v) is 3.28. The molecule has 0 radical (unpaired) electrons. The molecular weight excluding hydrogens is 284 g/mol. The summed E-state index contributed by atoms with van der Waals surface area (Å²) in [4.78, 5) is 12.3. The van der Waals surface area contributed by atoms with Crippen LogP contribution in [0.4, 0.5) is 0 Å². The van der Waals surface area contributed by atoms with Crippen LogP contribution in [0.3, 0.4) is 0 Å². The van der Waals surface area contributed by atoms with Crippen LogP contribution in [0.5, 0.6) is 0 Å². The number of benzene rings is 1. The number of nitrogens with zero attached hydrogens (tertiary/aromatic N) is 2. The summed E-state index contributed by atoms with van der Waals surface area (Å²) < 4.78 is 11.7. The molecule has 114 valence electrons. The Hall–Kier alpha value is -2.44. The Morgan fingerprint density at radius 3 is 2.95 bits per heavy atom. The Labute approximate surface area is 126 Å². The Bertz CT molecular complexity index is 795. The van der Waals surface area contributed by atoms with Gasteiger partial charge in [0.15, 0.2) is 0 Å². The molecule has 0 fully saturated rings. The first kappa shape index (κ1) is 14.5. The molecule has 0 saturated carbocycles. The van der Waals surface area contributed by atoms with Gasteiger partial charge in [-0.2, -0.15) is 5.10 Å². The average molecular weight is 300 g/mol. The van der Waals surface area contributed by atoms with Gasteiger partial charge >= 0.3 is 0 Å². The number of aliphatic hydroxyl groups excluding tert-OH is 1. The van der Waals surface area contributed by atoms with E-state index in [1.165, 1.54) is 4.68 Å². The second-order valence-corrected chi connectivity index (χ2v) is 4.97. The number of furan rings is 1. The lowest BCUT2D eigenvalue weighted by Gasteiger charge is -2.12. The molecule has 0 aliphatic heterocycles. The first-order chi connectivity index (χ1) is 10.7. The van der Waals surface area contributed by atoms with Gasteiger partial charge in [0.2, 0.25) is 0 Å². The number of fused-ring (bicyclic) bond motifs is 1. The second-order valence-electron chi connectivity index (χ2n) is 4.97. The molecular formula is C16H16N2O4. The van der Waals surface area contributed by atoms with Crippen LogP contribution in [0.1, 0.15) is 5.76 Å². The number of aromatic nitrogens is 2. The minimum Gasteiger partial charge on any atom is -0.467 e. The molecule has 0 unspecified atom stereocenters. The summed E-state index contributed by atoms with van der Waals surface area (Å²) in [6, 6.07) is 10.8. The van der Waals surface area contributed by atoms with E-state index in [4.69, 9.17) is 9.15 Å². The van der Waals surface area contributed by atoms with Gasteiger partial charge in [0.05, 0.1) is 37.1 Å². The van der Waals surface area contributed by atoms with Crippen LogP contribution < -0.4 is 5.56 Å². The average Bonchev–Trinajstić information content (AvgIpc) is 3.04. The lowest BCUT2D eigenvalue weighted by Crippen LogP contribution is -2.31. The van der Waals surface area contributed by atoms with E-state index in [0.29, 0.717) is 11.1 Å². The first-order valence-electron chi connectivity index (χ1n) is 6.97. The molecule has 2 heterocycles. The molecule has 1 aromatic carbocycles. The molecule has 0 aliphatic carbocycles. The molecule has 1 atom stereocenters. The van der Waals surface area contributed by atoms with Crippen LogP contribution in [0.15, 0.2) is 58.1 Å². The maximum atomic E-state index is 12.3. The summed E-state index contributed by atoms with van der Waals surface area (Å²) >= 11 is 0. The van der Waals surface area contributed by atoms with Gasteiger partial charge in [-0.25, -0.2) is 4.68 Å². The highest BCUT2D eigenvalue weighted by atomic mass is 16.5. The SMILES string of the molecule is O=c1c2ccccc2cnn1C[C@H](O)COCc1ccco1. The summed E-state index contributed by atoms with van der Waals surface area (Å²) in [5, 5.41) is 15.4. The van der Waals surface area contributed by atoms with Gasteiger partial charge in [-0.05, 0) is 18.2 Å². The highest BCUT2D eigenvalue weighted by molar-refractivity contribution is 5.80. The molecule has 3 aromatic rings. The van der Waals surface area contributed by atoms with Crippen molar-refractivity contribution in [3.05, 3.63) is 65.0 Å². The molecule has 0 bridgehead atoms. The van der Waals surface area contributed by atoms with Gasteiger partial charge < -0.3 is 14.3 Å².